The monoisotopic (exact) mass is 484 g/mol. The highest BCUT2D eigenvalue weighted by molar-refractivity contribution is 6.45. The molecule has 0 atom stereocenters. The Morgan fingerprint density at radius 3 is 2.31 bits per heavy atom. The third kappa shape index (κ3) is 5.15. The maximum absolute atomic E-state index is 12.9. The number of rotatable bonds is 9. The van der Waals surface area contributed by atoms with Gasteiger partial charge in [0, 0.05) is 5.39 Å². The van der Waals surface area contributed by atoms with Crippen molar-refractivity contribution in [3.63, 3.8) is 0 Å². The number of esters is 1. The van der Waals surface area contributed by atoms with E-state index < -0.39 is 17.7 Å². The van der Waals surface area contributed by atoms with E-state index in [-0.39, 0.29) is 18.3 Å². The Balaban J connectivity index is 1.77. The molecule has 0 spiro atoms. The van der Waals surface area contributed by atoms with Gasteiger partial charge in [0.1, 0.15) is 0 Å². The predicted octanol–water partition coefficient (Wildman–Crippen LogP) is 4.26. The highest BCUT2D eigenvalue weighted by Crippen LogP contribution is 2.31. The molecular weight excluding hydrogens is 456 g/mol. The van der Waals surface area contributed by atoms with Crippen LogP contribution in [0.5, 0.6) is 0 Å². The molecule has 1 amide bonds. The van der Waals surface area contributed by atoms with Crippen molar-refractivity contribution in [2.45, 2.75) is 33.3 Å². The van der Waals surface area contributed by atoms with Gasteiger partial charge in [0.25, 0.3) is 11.7 Å². The first-order chi connectivity index (χ1) is 17.3. The maximum Gasteiger partial charge on any atom is 0.347 e. The molecule has 0 saturated heterocycles. The van der Waals surface area contributed by atoms with Crippen molar-refractivity contribution >= 4 is 28.6 Å². The fourth-order valence-electron chi connectivity index (χ4n) is 4.35. The minimum Gasteiger partial charge on any atom is -0.460 e. The average molecular weight is 485 g/mol. The molecule has 4 aromatic rings. The van der Waals surface area contributed by atoms with Crippen LogP contribution in [-0.4, -0.2) is 35.1 Å². The van der Waals surface area contributed by atoms with Gasteiger partial charge in [0.15, 0.2) is 0 Å². The van der Waals surface area contributed by atoms with Crippen LogP contribution in [0.25, 0.3) is 22.0 Å². The van der Waals surface area contributed by atoms with E-state index in [1.807, 2.05) is 48.5 Å². The summed E-state index contributed by atoms with van der Waals surface area (Å²) in [6, 6.07) is 23.8. The first kappa shape index (κ1) is 24.7. The van der Waals surface area contributed by atoms with E-state index in [1.165, 1.54) is 4.73 Å². The Labute approximate surface area is 209 Å². The first-order valence-corrected chi connectivity index (χ1v) is 11.7. The highest BCUT2D eigenvalue weighted by atomic mass is 16.7. The van der Waals surface area contributed by atoms with Crippen molar-refractivity contribution in [1.29, 1.82) is 0 Å². The molecule has 0 bridgehead atoms. The van der Waals surface area contributed by atoms with E-state index in [1.54, 1.807) is 26.8 Å². The molecule has 1 heterocycles. The fraction of sp³-hybridized carbons (Fsp3) is 0.207. The lowest BCUT2D eigenvalue weighted by molar-refractivity contribution is -0.152. The number of carbonyl (C=O) groups excluding carboxylic acids is 3. The van der Waals surface area contributed by atoms with Gasteiger partial charge in [-0.05, 0) is 55.5 Å². The van der Waals surface area contributed by atoms with Crippen molar-refractivity contribution in [3.8, 4) is 11.1 Å². The molecule has 36 heavy (non-hydrogen) atoms. The summed E-state index contributed by atoms with van der Waals surface area (Å²) >= 11 is 0. The Bertz CT molecular complexity index is 1440. The van der Waals surface area contributed by atoms with Crippen LogP contribution in [0, 0.1) is 6.92 Å². The van der Waals surface area contributed by atoms with Crippen molar-refractivity contribution in [2.75, 3.05) is 6.61 Å². The van der Waals surface area contributed by atoms with E-state index in [9.17, 15) is 14.4 Å². The van der Waals surface area contributed by atoms with Crippen molar-refractivity contribution < 1.29 is 24.0 Å². The minimum atomic E-state index is -1.06. The lowest BCUT2D eigenvalue weighted by Gasteiger charge is -2.12. The zero-order chi connectivity index (χ0) is 25.8. The van der Waals surface area contributed by atoms with Gasteiger partial charge in [-0.15, -0.1) is 0 Å². The van der Waals surface area contributed by atoms with E-state index in [2.05, 4.69) is 18.2 Å². The number of nitrogens with zero attached hydrogens (tertiary/aromatic N) is 1. The van der Waals surface area contributed by atoms with Crippen LogP contribution >= 0.6 is 0 Å². The molecule has 0 unspecified atom stereocenters. The Morgan fingerprint density at radius 1 is 0.917 bits per heavy atom. The second kappa shape index (κ2) is 10.5. The number of nitrogens with two attached hydrogens (primary N) is 1. The van der Waals surface area contributed by atoms with Crippen molar-refractivity contribution in [2.24, 2.45) is 5.73 Å². The van der Waals surface area contributed by atoms with Gasteiger partial charge in [-0.3, -0.25) is 9.59 Å². The molecule has 0 saturated carbocycles. The third-order valence-corrected chi connectivity index (χ3v) is 5.82. The second-order valence-electron chi connectivity index (χ2n) is 8.81. The van der Waals surface area contributed by atoms with E-state index in [0.717, 1.165) is 22.3 Å². The standard InChI is InChI=1S/C29H28N2O5/c1-18(2)36-25(32)17-35-31-19(3)26(28(33)29(30)34)27-23(13-8-14-24(27)31)16-20-9-7-12-22(15-20)21-10-5-4-6-11-21/h4-15,18H,16-17H2,1-3H3,(H2,30,34). The number of primary amides is 1. The number of fused-ring (bicyclic) bond motifs is 1. The van der Waals surface area contributed by atoms with Crippen LogP contribution in [0.2, 0.25) is 0 Å². The van der Waals surface area contributed by atoms with E-state index >= 15 is 0 Å². The summed E-state index contributed by atoms with van der Waals surface area (Å²) in [7, 11) is 0. The Morgan fingerprint density at radius 2 is 1.61 bits per heavy atom. The number of benzene rings is 3. The van der Waals surface area contributed by atoms with Crippen LogP contribution in [0.3, 0.4) is 0 Å². The Hall–Kier alpha value is -4.39. The van der Waals surface area contributed by atoms with E-state index in [4.69, 9.17) is 15.3 Å². The molecule has 4 rings (SSSR count). The Kier molecular flexibility index (Phi) is 7.20. The molecular formula is C29H28N2O5. The number of Topliss-reactive ketones (excluding diaryl/α,β-unsaturated/α-hetero) is 1. The number of amides is 1. The zero-order valence-corrected chi connectivity index (χ0v) is 20.5. The number of hydrogen-bond donors (Lipinski definition) is 1. The number of ketones is 1. The zero-order valence-electron chi connectivity index (χ0n) is 20.5. The molecule has 7 nitrogen and oxygen atoms in total. The molecule has 7 heteroatoms. The minimum absolute atomic E-state index is 0.171. The number of hydrogen-bond acceptors (Lipinski definition) is 5. The second-order valence-corrected chi connectivity index (χ2v) is 8.81. The average Bonchev–Trinajstić information content (AvgIpc) is 3.14. The summed E-state index contributed by atoms with van der Waals surface area (Å²) in [6.07, 6.45) is 0.226. The largest absolute Gasteiger partial charge is 0.460 e. The summed E-state index contributed by atoms with van der Waals surface area (Å²) in [5.41, 5.74) is 10.6. The quantitative estimate of drug-likeness (QED) is 0.217. The summed E-state index contributed by atoms with van der Waals surface area (Å²) < 4.78 is 6.55. The molecule has 0 aliphatic heterocycles. The smallest absolute Gasteiger partial charge is 0.347 e. The van der Waals surface area contributed by atoms with Gasteiger partial charge in [-0.1, -0.05) is 66.7 Å². The number of carbonyl (C=O) groups is 3. The lowest BCUT2D eigenvalue weighted by atomic mass is 9.95. The molecule has 2 N–H and O–H groups in total. The molecule has 0 aliphatic carbocycles. The summed E-state index contributed by atoms with van der Waals surface area (Å²) in [6.45, 7) is 4.80. The molecule has 3 aromatic carbocycles. The van der Waals surface area contributed by atoms with Crippen LogP contribution in [0.15, 0.2) is 72.8 Å². The van der Waals surface area contributed by atoms with Gasteiger partial charge in [-0.2, -0.15) is 4.73 Å². The topological polar surface area (TPSA) is 101 Å². The van der Waals surface area contributed by atoms with Crippen LogP contribution < -0.4 is 10.6 Å². The molecule has 1 aromatic heterocycles. The fourth-order valence-corrected chi connectivity index (χ4v) is 4.35. The highest BCUT2D eigenvalue weighted by Gasteiger charge is 2.26. The van der Waals surface area contributed by atoms with Crippen molar-refractivity contribution in [3.05, 3.63) is 95.2 Å². The summed E-state index contributed by atoms with van der Waals surface area (Å²) in [4.78, 5) is 42.6. The maximum atomic E-state index is 12.9. The third-order valence-electron chi connectivity index (χ3n) is 5.82. The van der Waals surface area contributed by atoms with Gasteiger partial charge in [-0.25, -0.2) is 4.79 Å². The molecule has 0 fully saturated rings. The summed E-state index contributed by atoms with van der Waals surface area (Å²) in [5, 5.41) is 0.571. The predicted molar refractivity (Wildman–Crippen MR) is 138 cm³/mol. The summed E-state index contributed by atoms with van der Waals surface area (Å²) in [5.74, 6) is -2.41. The number of ether oxygens (including phenoxy) is 1. The first-order valence-electron chi connectivity index (χ1n) is 11.7. The van der Waals surface area contributed by atoms with Crippen molar-refractivity contribution in [1.82, 2.24) is 4.73 Å². The van der Waals surface area contributed by atoms with Gasteiger partial charge in [0.2, 0.25) is 6.61 Å². The molecule has 0 radical (unpaired) electrons. The van der Waals surface area contributed by atoms with Crippen LogP contribution in [0.1, 0.15) is 41.0 Å². The van der Waals surface area contributed by atoms with Crippen LogP contribution in [0.4, 0.5) is 0 Å². The lowest BCUT2D eigenvalue weighted by Crippen LogP contribution is -2.26. The SMILES string of the molecule is Cc1c(C(=O)C(N)=O)c2c(Cc3cccc(-c4ccccc4)c3)cccc2n1OCC(=O)OC(C)C. The molecule has 184 valence electrons. The van der Waals surface area contributed by atoms with Crippen LogP contribution in [-0.2, 0) is 20.7 Å². The molecule has 0 aliphatic rings. The van der Waals surface area contributed by atoms with Gasteiger partial charge < -0.3 is 15.3 Å². The van der Waals surface area contributed by atoms with Gasteiger partial charge in [0.05, 0.1) is 22.9 Å². The van der Waals surface area contributed by atoms with Gasteiger partial charge >= 0.3 is 5.97 Å². The van der Waals surface area contributed by atoms with E-state index in [0.29, 0.717) is 23.0 Å². The number of aromatic nitrogens is 1. The normalized spacial score (nSPS) is 11.0.